The van der Waals surface area contributed by atoms with Crippen LogP contribution in [0, 0.1) is 5.82 Å². The Morgan fingerprint density at radius 1 is 1.37 bits per heavy atom. The SMILES string of the molecule is Fc1c(CCCCOC(F)F)c(Br)n2nc(Cl)nc(NCc3ccsn3)c12. The molecule has 0 bridgehead atoms. The molecular formula is C15H14BrClF3N5OS. The van der Waals surface area contributed by atoms with Crippen LogP contribution in [0.1, 0.15) is 24.1 Å². The standard InChI is InChI=1S/C15H14BrClF3N5OS/c16-12-9(3-1-2-5-26-15(19)20)10(18)11-13(22-14(17)23-25(11)12)21-7-8-4-6-27-24-8/h4,6,15H,1-3,5,7H2,(H,21,22,23). The number of unbranched alkanes of at least 4 members (excludes halogenated alkanes) is 1. The topological polar surface area (TPSA) is 64.3 Å². The summed E-state index contributed by atoms with van der Waals surface area (Å²) in [6, 6.07) is 1.84. The van der Waals surface area contributed by atoms with Gasteiger partial charge in [-0.05, 0) is 64.4 Å². The minimum atomic E-state index is -2.80. The summed E-state index contributed by atoms with van der Waals surface area (Å²) in [7, 11) is 0. The molecule has 12 heteroatoms. The highest BCUT2D eigenvalue weighted by Crippen LogP contribution is 2.31. The van der Waals surface area contributed by atoms with Crippen LogP contribution in [0.5, 0.6) is 0 Å². The van der Waals surface area contributed by atoms with Crippen LogP contribution in [0.3, 0.4) is 0 Å². The number of fused-ring (bicyclic) bond motifs is 1. The summed E-state index contributed by atoms with van der Waals surface area (Å²) in [5.74, 6) is -0.248. The lowest BCUT2D eigenvalue weighted by Gasteiger charge is -2.06. The van der Waals surface area contributed by atoms with E-state index in [1.807, 2.05) is 11.4 Å². The Morgan fingerprint density at radius 2 is 2.19 bits per heavy atom. The molecule has 27 heavy (non-hydrogen) atoms. The summed E-state index contributed by atoms with van der Waals surface area (Å²) >= 11 is 10.6. The van der Waals surface area contributed by atoms with Crippen LogP contribution in [-0.2, 0) is 17.7 Å². The van der Waals surface area contributed by atoms with E-state index in [0.29, 0.717) is 36.0 Å². The number of ether oxygens (including phenoxy) is 1. The monoisotopic (exact) mass is 483 g/mol. The number of nitrogens with one attached hydrogen (secondary N) is 1. The van der Waals surface area contributed by atoms with Crippen molar-refractivity contribution in [1.29, 1.82) is 0 Å². The van der Waals surface area contributed by atoms with Gasteiger partial charge in [0.1, 0.15) is 10.1 Å². The number of hydrogen-bond donors (Lipinski definition) is 1. The average Bonchev–Trinajstić information content (AvgIpc) is 3.21. The van der Waals surface area contributed by atoms with Gasteiger partial charge in [-0.15, -0.1) is 5.10 Å². The molecule has 1 N–H and O–H groups in total. The van der Waals surface area contributed by atoms with Crippen molar-refractivity contribution in [2.75, 3.05) is 11.9 Å². The molecule has 146 valence electrons. The van der Waals surface area contributed by atoms with Crippen molar-refractivity contribution >= 4 is 50.4 Å². The van der Waals surface area contributed by atoms with Gasteiger partial charge in [0.15, 0.2) is 11.6 Å². The maximum absolute atomic E-state index is 15.0. The number of alkyl halides is 2. The Balaban J connectivity index is 1.80. The van der Waals surface area contributed by atoms with Gasteiger partial charge in [-0.25, -0.2) is 8.91 Å². The highest BCUT2D eigenvalue weighted by atomic mass is 79.9. The predicted octanol–water partition coefficient (Wildman–Crippen LogP) is 4.91. The van der Waals surface area contributed by atoms with E-state index in [1.165, 1.54) is 16.0 Å². The first-order chi connectivity index (χ1) is 13.0. The van der Waals surface area contributed by atoms with Gasteiger partial charge < -0.3 is 10.1 Å². The van der Waals surface area contributed by atoms with Gasteiger partial charge in [0.2, 0.25) is 5.28 Å². The minimum Gasteiger partial charge on any atom is -0.362 e. The van der Waals surface area contributed by atoms with Crippen LogP contribution >= 0.6 is 39.1 Å². The molecule has 0 saturated carbocycles. The third-order valence-corrected chi connectivity index (χ3v) is 5.30. The number of aromatic nitrogens is 4. The molecule has 3 heterocycles. The first-order valence-electron chi connectivity index (χ1n) is 7.92. The van der Waals surface area contributed by atoms with Crippen molar-refractivity contribution in [3.8, 4) is 0 Å². The van der Waals surface area contributed by atoms with Gasteiger partial charge in [-0.3, -0.25) is 0 Å². The molecule has 0 spiro atoms. The average molecular weight is 485 g/mol. The summed E-state index contributed by atoms with van der Waals surface area (Å²) in [4.78, 5) is 4.08. The van der Waals surface area contributed by atoms with Crippen molar-refractivity contribution < 1.29 is 17.9 Å². The molecule has 0 aliphatic carbocycles. The molecule has 3 rings (SSSR count). The van der Waals surface area contributed by atoms with E-state index >= 15 is 4.39 Å². The highest BCUT2D eigenvalue weighted by molar-refractivity contribution is 9.10. The molecule has 0 unspecified atom stereocenters. The zero-order valence-electron chi connectivity index (χ0n) is 13.8. The zero-order chi connectivity index (χ0) is 19.4. The Kier molecular flexibility index (Phi) is 6.90. The van der Waals surface area contributed by atoms with E-state index in [2.05, 4.69) is 40.4 Å². The normalized spacial score (nSPS) is 11.6. The minimum absolute atomic E-state index is 0.0455. The fourth-order valence-corrected chi connectivity index (χ4v) is 3.84. The maximum atomic E-state index is 15.0. The molecule has 0 aliphatic rings. The van der Waals surface area contributed by atoms with Crippen LogP contribution in [0.15, 0.2) is 16.0 Å². The second-order valence-corrected chi connectivity index (χ2v) is 7.26. The zero-order valence-corrected chi connectivity index (χ0v) is 16.9. The van der Waals surface area contributed by atoms with Gasteiger partial charge in [-0.2, -0.15) is 18.1 Å². The van der Waals surface area contributed by atoms with Crippen LogP contribution in [-0.4, -0.2) is 32.2 Å². The number of anilines is 1. The molecule has 0 amide bonds. The maximum Gasteiger partial charge on any atom is 0.345 e. The van der Waals surface area contributed by atoms with Crippen molar-refractivity contribution in [2.45, 2.75) is 32.4 Å². The van der Waals surface area contributed by atoms with Gasteiger partial charge in [0.05, 0.1) is 18.8 Å². The van der Waals surface area contributed by atoms with Crippen LogP contribution in [0.2, 0.25) is 5.28 Å². The van der Waals surface area contributed by atoms with Crippen molar-refractivity contribution in [2.24, 2.45) is 0 Å². The van der Waals surface area contributed by atoms with Gasteiger partial charge >= 0.3 is 6.61 Å². The molecule has 0 atom stereocenters. The van der Waals surface area contributed by atoms with E-state index < -0.39 is 12.4 Å². The fraction of sp³-hybridized carbons (Fsp3) is 0.400. The van der Waals surface area contributed by atoms with Crippen LogP contribution < -0.4 is 5.32 Å². The van der Waals surface area contributed by atoms with E-state index in [1.54, 1.807) is 0 Å². The van der Waals surface area contributed by atoms with Gasteiger partial charge in [0, 0.05) is 10.9 Å². The smallest absolute Gasteiger partial charge is 0.345 e. The Labute approximate surface area is 170 Å². The molecule has 0 fully saturated rings. The second kappa shape index (κ2) is 9.18. The number of nitrogens with zero attached hydrogens (tertiary/aromatic N) is 4. The van der Waals surface area contributed by atoms with E-state index in [0.717, 1.165) is 5.69 Å². The Morgan fingerprint density at radius 3 is 2.89 bits per heavy atom. The summed E-state index contributed by atoms with van der Waals surface area (Å²) < 4.78 is 49.1. The lowest BCUT2D eigenvalue weighted by atomic mass is 10.1. The quantitative estimate of drug-likeness (QED) is 0.437. The Bertz CT molecular complexity index is 909. The molecule has 0 radical (unpaired) electrons. The van der Waals surface area contributed by atoms with Crippen LogP contribution in [0.4, 0.5) is 19.0 Å². The second-order valence-electron chi connectivity index (χ2n) is 5.51. The first kappa shape index (κ1) is 20.3. The largest absolute Gasteiger partial charge is 0.362 e. The third kappa shape index (κ3) is 4.89. The molecule has 0 aliphatic heterocycles. The number of halogens is 5. The molecule has 6 nitrogen and oxygen atoms in total. The van der Waals surface area contributed by atoms with E-state index in [4.69, 9.17) is 11.6 Å². The van der Waals surface area contributed by atoms with E-state index in [-0.39, 0.29) is 23.2 Å². The molecule has 0 saturated heterocycles. The third-order valence-electron chi connectivity index (χ3n) is 3.72. The highest BCUT2D eigenvalue weighted by Gasteiger charge is 2.22. The number of rotatable bonds is 9. The van der Waals surface area contributed by atoms with Gasteiger partial charge in [0.25, 0.3) is 0 Å². The summed E-state index contributed by atoms with van der Waals surface area (Å²) in [6.07, 6.45) is 1.18. The lowest BCUT2D eigenvalue weighted by Crippen LogP contribution is -2.06. The first-order valence-corrected chi connectivity index (χ1v) is 9.93. The van der Waals surface area contributed by atoms with Crippen molar-refractivity contribution in [3.63, 3.8) is 0 Å². The van der Waals surface area contributed by atoms with Crippen molar-refractivity contribution in [3.05, 3.63) is 38.4 Å². The fourth-order valence-electron chi connectivity index (χ4n) is 2.52. The lowest BCUT2D eigenvalue weighted by molar-refractivity contribution is -0.129. The summed E-state index contributed by atoms with van der Waals surface area (Å²) in [6.45, 7) is -2.53. The molecule has 3 aromatic rings. The molecule has 3 aromatic heterocycles. The molecular weight excluding hydrogens is 471 g/mol. The van der Waals surface area contributed by atoms with E-state index in [9.17, 15) is 8.78 Å². The summed E-state index contributed by atoms with van der Waals surface area (Å²) in [5.41, 5.74) is 1.32. The summed E-state index contributed by atoms with van der Waals surface area (Å²) in [5, 5.41) is 8.85. The predicted molar refractivity (Wildman–Crippen MR) is 100.0 cm³/mol. The van der Waals surface area contributed by atoms with Gasteiger partial charge in [-0.1, -0.05) is 0 Å². The molecule has 0 aromatic carbocycles. The van der Waals surface area contributed by atoms with Crippen molar-refractivity contribution in [1.82, 2.24) is 19.0 Å². The van der Waals surface area contributed by atoms with Crippen LogP contribution in [0.25, 0.3) is 5.52 Å². The number of hydrogen-bond acceptors (Lipinski definition) is 6. The Hall–Kier alpha value is -1.43.